The summed E-state index contributed by atoms with van der Waals surface area (Å²) in [6.07, 6.45) is -8.71. The van der Waals surface area contributed by atoms with Crippen molar-refractivity contribution in [3.63, 3.8) is 0 Å². The summed E-state index contributed by atoms with van der Waals surface area (Å²) in [7, 11) is 0. The Labute approximate surface area is 111 Å². The molecule has 1 rings (SSSR count). The van der Waals surface area contributed by atoms with E-state index in [1.165, 1.54) is 6.92 Å². The minimum Gasteiger partial charge on any atom is -0.390 e. The van der Waals surface area contributed by atoms with E-state index in [0.29, 0.717) is 0 Å². The predicted octanol–water partition coefficient (Wildman–Crippen LogP) is -2.05. The summed E-state index contributed by atoms with van der Waals surface area (Å²) in [5.41, 5.74) is 0. The summed E-state index contributed by atoms with van der Waals surface area (Å²) in [4.78, 5) is 11.3. The molecule has 1 aliphatic rings. The van der Waals surface area contributed by atoms with Crippen LogP contribution in [0.5, 0.6) is 0 Å². The maximum absolute atomic E-state index is 11.3. The normalized spacial score (nSPS) is 38.8. The monoisotopic (exact) mass is 278 g/mol. The Hall–Kier alpha value is -0.570. The molecule has 19 heavy (non-hydrogen) atoms. The van der Waals surface area contributed by atoms with Crippen LogP contribution in [0.4, 0.5) is 0 Å². The number of hydrogen-bond acceptors (Lipinski definition) is 7. The highest BCUT2D eigenvalue weighted by Crippen LogP contribution is 2.24. The lowest BCUT2D eigenvalue weighted by molar-refractivity contribution is -0.224. The zero-order valence-electron chi connectivity index (χ0n) is 11.0. The summed E-state index contributed by atoms with van der Waals surface area (Å²) in [5.74, 6) is -0.508. The summed E-state index contributed by atoms with van der Waals surface area (Å²) in [5, 5.41) is 48.1. The van der Waals surface area contributed by atoms with Crippen molar-refractivity contribution < 1.29 is 35.1 Å². The second-order valence-electron chi connectivity index (χ2n) is 4.92. The van der Waals surface area contributed by atoms with Gasteiger partial charge in [0.1, 0.15) is 24.4 Å². The van der Waals surface area contributed by atoms with E-state index in [1.54, 1.807) is 6.92 Å². The third-order valence-electron chi connectivity index (χ3n) is 3.47. The lowest BCUT2D eigenvalue weighted by Crippen LogP contribution is -2.57. The second-order valence-corrected chi connectivity index (χ2v) is 4.92. The molecule has 0 aromatic carbocycles. The van der Waals surface area contributed by atoms with Crippen molar-refractivity contribution >= 4 is 5.78 Å². The Morgan fingerprint density at radius 2 is 1.74 bits per heavy atom. The number of aliphatic hydroxyl groups is 5. The van der Waals surface area contributed by atoms with Gasteiger partial charge in [0, 0.05) is 12.8 Å². The summed E-state index contributed by atoms with van der Waals surface area (Å²) in [6, 6.07) is 0. The highest BCUT2D eigenvalue weighted by atomic mass is 16.5. The summed E-state index contributed by atoms with van der Waals surface area (Å²) >= 11 is 0. The predicted molar refractivity (Wildman–Crippen MR) is 64.3 cm³/mol. The number of Topliss-reactive ketones (excluding diaryl/α,β-unsaturated/α-hetero) is 1. The zero-order valence-corrected chi connectivity index (χ0v) is 11.0. The van der Waals surface area contributed by atoms with Crippen LogP contribution in [0.3, 0.4) is 0 Å². The molecule has 0 spiro atoms. The number of carbonyl (C=O) groups excluding carboxylic acids is 1. The van der Waals surface area contributed by atoms with Gasteiger partial charge in [-0.3, -0.25) is 4.79 Å². The van der Waals surface area contributed by atoms with Crippen molar-refractivity contribution in [2.24, 2.45) is 0 Å². The number of hydrogen-bond donors (Lipinski definition) is 5. The molecule has 7 atom stereocenters. The quantitative estimate of drug-likeness (QED) is 0.391. The molecule has 0 aliphatic carbocycles. The smallest absolute Gasteiger partial charge is 0.163 e. The van der Waals surface area contributed by atoms with Gasteiger partial charge in [-0.25, -0.2) is 0 Å². The van der Waals surface area contributed by atoms with E-state index in [1.807, 2.05) is 0 Å². The molecular formula is C12H22O7. The van der Waals surface area contributed by atoms with Gasteiger partial charge in [-0.2, -0.15) is 0 Å². The fraction of sp³-hybridized carbons (Fsp3) is 0.917. The van der Waals surface area contributed by atoms with Crippen molar-refractivity contribution in [1.82, 2.24) is 0 Å². The molecule has 7 heteroatoms. The molecule has 1 aliphatic heterocycles. The topological polar surface area (TPSA) is 127 Å². The van der Waals surface area contributed by atoms with E-state index < -0.39 is 48.5 Å². The fourth-order valence-corrected chi connectivity index (χ4v) is 2.12. The SMILES string of the molecule is CCC(=O)[C@H](O)[C@H](O)C[C@H]1O[C@@H](C)[C@@H](O)C(O)C1O. The Kier molecular flexibility index (Phi) is 5.84. The van der Waals surface area contributed by atoms with Crippen LogP contribution in [-0.2, 0) is 9.53 Å². The summed E-state index contributed by atoms with van der Waals surface area (Å²) in [6.45, 7) is 3.08. The number of aliphatic hydroxyl groups excluding tert-OH is 5. The maximum atomic E-state index is 11.3. The summed E-state index contributed by atoms with van der Waals surface area (Å²) < 4.78 is 5.27. The third-order valence-corrected chi connectivity index (χ3v) is 3.47. The van der Waals surface area contributed by atoms with Crippen molar-refractivity contribution in [2.45, 2.75) is 69.4 Å². The van der Waals surface area contributed by atoms with Gasteiger partial charge in [0.2, 0.25) is 0 Å². The molecule has 0 bridgehead atoms. The van der Waals surface area contributed by atoms with Crippen LogP contribution in [0.15, 0.2) is 0 Å². The molecular weight excluding hydrogens is 256 g/mol. The molecule has 1 fully saturated rings. The molecule has 7 nitrogen and oxygen atoms in total. The first-order valence-corrected chi connectivity index (χ1v) is 6.38. The second kappa shape index (κ2) is 6.74. The molecule has 1 saturated heterocycles. The van der Waals surface area contributed by atoms with Crippen LogP contribution < -0.4 is 0 Å². The lowest BCUT2D eigenvalue weighted by Gasteiger charge is -2.40. The van der Waals surface area contributed by atoms with Crippen LogP contribution in [0.2, 0.25) is 0 Å². The van der Waals surface area contributed by atoms with Crippen molar-refractivity contribution in [1.29, 1.82) is 0 Å². The lowest BCUT2D eigenvalue weighted by atomic mass is 9.91. The van der Waals surface area contributed by atoms with Crippen LogP contribution in [-0.4, -0.2) is 74.0 Å². The van der Waals surface area contributed by atoms with Crippen LogP contribution in [0, 0.1) is 0 Å². The molecule has 0 aromatic rings. The molecule has 0 aromatic heterocycles. The van der Waals surface area contributed by atoms with Gasteiger partial charge in [-0.15, -0.1) is 0 Å². The van der Waals surface area contributed by atoms with E-state index >= 15 is 0 Å². The van der Waals surface area contributed by atoms with Gasteiger partial charge in [-0.1, -0.05) is 6.92 Å². The van der Waals surface area contributed by atoms with E-state index in [-0.39, 0.29) is 12.8 Å². The highest BCUT2D eigenvalue weighted by Gasteiger charge is 2.43. The Bertz CT molecular complexity index is 308. The van der Waals surface area contributed by atoms with Crippen molar-refractivity contribution in [3.8, 4) is 0 Å². The molecule has 112 valence electrons. The molecule has 1 heterocycles. The molecule has 0 saturated carbocycles. The number of carbonyl (C=O) groups is 1. The Balaban J connectivity index is 2.63. The minimum atomic E-state index is -1.54. The highest BCUT2D eigenvalue weighted by molar-refractivity contribution is 5.83. The van der Waals surface area contributed by atoms with Gasteiger partial charge in [0.05, 0.1) is 18.3 Å². The minimum absolute atomic E-state index is 0.0873. The van der Waals surface area contributed by atoms with Gasteiger partial charge >= 0.3 is 0 Å². The molecule has 0 radical (unpaired) electrons. The number of ketones is 1. The maximum Gasteiger partial charge on any atom is 0.163 e. The largest absolute Gasteiger partial charge is 0.390 e. The van der Waals surface area contributed by atoms with Crippen molar-refractivity contribution in [2.75, 3.05) is 0 Å². The molecule has 2 unspecified atom stereocenters. The van der Waals surface area contributed by atoms with Crippen LogP contribution in [0.1, 0.15) is 26.7 Å². The van der Waals surface area contributed by atoms with E-state index in [0.717, 1.165) is 0 Å². The van der Waals surface area contributed by atoms with Gasteiger partial charge in [0.25, 0.3) is 0 Å². The average Bonchev–Trinajstić information content (AvgIpc) is 2.40. The standard InChI is InChI=1S/C12H22O7/c1-3-6(13)10(16)7(14)4-8-11(17)12(18)9(15)5(2)19-8/h5,7-12,14-18H,3-4H2,1-2H3/t5-,7+,8+,9+,10-,11?,12?/m0/s1. The zero-order chi connectivity index (χ0) is 14.7. The Morgan fingerprint density at radius 1 is 1.16 bits per heavy atom. The Morgan fingerprint density at radius 3 is 2.26 bits per heavy atom. The first-order valence-electron chi connectivity index (χ1n) is 6.38. The van der Waals surface area contributed by atoms with Gasteiger partial charge in [-0.05, 0) is 6.92 Å². The van der Waals surface area contributed by atoms with Gasteiger partial charge in [0.15, 0.2) is 5.78 Å². The van der Waals surface area contributed by atoms with E-state index in [4.69, 9.17) is 4.74 Å². The van der Waals surface area contributed by atoms with E-state index in [9.17, 15) is 30.3 Å². The number of ether oxygens (including phenoxy) is 1. The van der Waals surface area contributed by atoms with Gasteiger partial charge < -0.3 is 30.3 Å². The number of rotatable bonds is 5. The fourth-order valence-electron chi connectivity index (χ4n) is 2.12. The molecule has 5 N–H and O–H groups in total. The average molecular weight is 278 g/mol. The molecule has 0 amide bonds. The van der Waals surface area contributed by atoms with Crippen molar-refractivity contribution in [3.05, 3.63) is 0 Å². The third kappa shape index (κ3) is 3.71. The van der Waals surface area contributed by atoms with Crippen LogP contribution >= 0.6 is 0 Å². The van der Waals surface area contributed by atoms with E-state index in [2.05, 4.69) is 0 Å². The first kappa shape index (κ1) is 16.5. The van der Waals surface area contributed by atoms with Crippen LogP contribution in [0.25, 0.3) is 0 Å². The first-order chi connectivity index (χ1) is 8.79.